The van der Waals surface area contributed by atoms with Gasteiger partial charge in [-0.3, -0.25) is 9.69 Å². The highest BCUT2D eigenvalue weighted by molar-refractivity contribution is 6.30. The first-order valence-electron chi connectivity index (χ1n) is 11.0. The minimum absolute atomic E-state index is 0.0994. The van der Waals surface area contributed by atoms with Gasteiger partial charge in [-0.1, -0.05) is 11.6 Å². The Morgan fingerprint density at radius 1 is 1.24 bits per heavy atom. The lowest BCUT2D eigenvalue weighted by atomic mass is 10.00. The molecule has 3 aliphatic rings. The molecule has 2 fully saturated rings. The lowest BCUT2D eigenvalue weighted by molar-refractivity contribution is 0.0531. The molecule has 2 saturated heterocycles. The molecule has 10 heteroatoms. The third-order valence-electron chi connectivity index (χ3n) is 7.12. The molecule has 172 valence electrons. The summed E-state index contributed by atoms with van der Waals surface area (Å²) in [6.07, 6.45) is 3.73. The van der Waals surface area contributed by atoms with Crippen LogP contribution in [-0.4, -0.2) is 61.7 Å². The fraction of sp³-hybridized carbons (Fsp3) is 0.435. The number of rotatable bonds is 3. The predicted molar refractivity (Wildman–Crippen MR) is 116 cm³/mol. The van der Waals surface area contributed by atoms with Crippen LogP contribution in [0.5, 0.6) is 5.75 Å². The van der Waals surface area contributed by atoms with Crippen molar-refractivity contribution < 1.29 is 18.3 Å². The van der Waals surface area contributed by atoms with Crippen LogP contribution in [0.4, 0.5) is 8.78 Å². The lowest BCUT2D eigenvalue weighted by Crippen LogP contribution is -2.45. The van der Waals surface area contributed by atoms with Gasteiger partial charge in [0.15, 0.2) is 5.65 Å². The molecule has 0 spiro atoms. The lowest BCUT2D eigenvalue weighted by Gasteiger charge is -2.36. The van der Waals surface area contributed by atoms with Crippen LogP contribution in [0.3, 0.4) is 0 Å². The van der Waals surface area contributed by atoms with Crippen molar-refractivity contribution in [2.24, 2.45) is 0 Å². The van der Waals surface area contributed by atoms with Crippen LogP contribution in [0, 0.1) is 5.82 Å². The zero-order valence-corrected chi connectivity index (χ0v) is 18.7. The maximum atomic E-state index is 14.3. The van der Waals surface area contributed by atoms with Crippen molar-refractivity contribution in [1.82, 2.24) is 24.4 Å². The molecular weight excluding hydrogens is 452 g/mol. The van der Waals surface area contributed by atoms with Crippen LogP contribution in [0.15, 0.2) is 30.6 Å². The van der Waals surface area contributed by atoms with Crippen molar-refractivity contribution in [2.75, 3.05) is 7.05 Å². The number of hydrogen-bond donors (Lipinski definition) is 0. The van der Waals surface area contributed by atoms with E-state index >= 15 is 0 Å². The standard InChI is InChI=1S/C23H22ClF2N5O2/c1-29-14-5-15(7-20(29)18(26)6-14)33-21-4-13(25)2-3-16(21)23(32)30-10-17-19(11-30)28-31-9-12(24)8-27-22(17)31/h2-4,8-9,14-15,18,20H,5-7,10-11H2,1H3/t14?,15-,18?,20?/m1/s1. The minimum atomic E-state index is -0.881. The summed E-state index contributed by atoms with van der Waals surface area (Å²) in [7, 11) is 1.94. The normalized spacial score (nSPS) is 26.7. The van der Waals surface area contributed by atoms with Crippen molar-refractivity contribution in [2.45, 2.75) is 56.7 Å². The summed E-state index contributed by atoms with van der Waals surface area (Å²) in [4.78, 5) is 21.5. The second-order valence-corrected chi connectivity index (χ2v) is 9.55. The molecule has 1 aromatic carbocycles. The number of carbonyl (C=O) groups excluding carboxylic acids is 1. The van der Waals surface area contributed by atoms with E-state index in [0.29, 0.717) is 43.0 Å². The number of piperidine rings is 1. The molecular formula is C23H22ClF2N5O2. The van der Waals surface area contributed by atoms with Crippen molar-refractivity contribution >= 4 is 23.2 Å². The first-order chi connectivity index (χ1) is 15.9. The number of fused-ring (bicyclic) bond motifs is 5. The van der Waals surface area contributed by atoms with E-state index in [1.165, 1.54) is 18.2 Å². The zero-order chi connectivity index (χ0) is 22.9. The Bertz CT molecular complexity index is 1270. The average molecular weight is 474 g/mol. The molecule has 0 aliphatic carbocycles. The largest absolute Gasteiger partial charge is 0.489 e. The highest BCUT2D eigenvalue weighted by atomic mass is 35.5. The molecule has 3 unspecified atom stereocenters. The molecule has 3 aromatic rings. The number of benzene rings is 1. The molecule has 4 atom stereocenters. The maximum absolute atomic E-state index is 14.3. The molecule has 2 bridgehead atoms. The fourth-order valence-electron chi connectivity index (χ4n) is 5.44. The summed E-state index contributed by atoms with van der Waals surface area (Å²) in [5.74, 6) is -0.549. The molecule has 0 radical (unpaired) electrons. The van der Waals surface area contributed by atoms with E-state index in [1.54, 1.807) is 21.8 Å². The summed E-state index contributed by atoms with van der Waals surface area (Å²) in [6, 6.07) is 3.86. The number of carbonyl (C=O) groups is 1. The van der Waals surface area contributed by atoms with Crippen molar-refractivity contribution in [3.05, 3.63) is 58.3 Å². The molecule has 0 saturated carbocycles. The van der Waals surface area contributed by atoms with E-state index in [-0.39, 0.29) is 35.4 Å². The number of ether oxygens (including phenoxy) is 1. The van der Waals surface area contributed by atoms with Gasteiger partial charge in [-0.05, 0) is 32.0 Å². The molecule has 2 aromatic heterocycles. The number of hydrogen-bond acceptors (Lipinski definition) is 5. The van der Waals surface area contributed by atoms with Gasteiger partial charge < -0.3 is 9.64 Å². The van der Waals surface area contributed by atoms with Gasteiger partial charge in [-0.2, -0.15) is 5.10 Å². The van der Waals surface area contributed by atoms with E-state index in [9.17, 15) is 13.6 Å². The van der Waals surface area contributed by atoms with Gasteiger partial charge in [0.1, 0.15) is 23.8 Å². The Kier molecular flexibility index (Phi) is 4.81. The van der Waals surface area contributed by atoms with E-state index in [4.69, 9.17) is 16.3 Å². The molecule has 33 heavy (non-hydrogen) atoms. The van der Waals surface area contributed by atoms with E-state index < -0.39 is 12.0 Å². The fourth-order valence-corrected chi connectivity index (χ4v) is 5.58. The van der Waals surface area contributed by atoms with Gasteiger partial charge in [0.2, 0.25) is 0 Å². The Labute approximate surface area is 193 Å². The van der Waals surface area contributed by atoms with Crippen LogP contribution < -0.4 is 4.74 Å². The Balaban J connectivity index is 1.24. The van der Waals surface area contributed by atoms with Crippen LogP contribution in [-0.2, 0) is 13.1 Å². The van der Waals surface area contributed by atoms with Gasteiger partial charge in [-0.25, -0.2) is 18.3 Å². The Hall–Kier alpha value is -2.78. The van der Waals surface area contributed by atoms with Gasteiger partial charge in [0.25, 0.3) is 5.91 Å². The van der Waals surface area contributed by atoms with Gasteiger partial charge in [0, 0.05) is 36.3 Å². The SMILES string of the molecule is CN1C2CC(F)C1C[C@H](Oc1cc(F)ccc1C(=O)N1Cc3nn4cc(Cl)cnc4c3C1)C2. The van der Waals surface area contributed by atoms with E-state index in [2.05, 4.69) is 15.0 Å². The third kappa shape index (κ3) is 3.45. The quantitative estimate of drug-likeness (QED) is 0.581. The number of nitrogens with zero attached hydrogens (tertiary/aromatic N) is 5. The molecule has 7 nitrogen and oxygen atoms in total. The predicted octanol–water partition coefficient (Wildman–Crippen LogP) is 3.63. The summed E-state index contributed by atoms with van der Waals surface area (Å²) in [5, 5.41) is 4.97. The van der Waals surface area contributed by atoms with Crippen molar-refractivity contribution in [3.63, 3.8) is 0 Å². The maximum Gasteiger partial charge on any atom is 0.258 e. The number of halogens is 3. The molecule has 0 N–H and O–H groups in total. The number of alkyl halides is 1. The Morgan fingerprint density at radius 3 is 2.91 bits per heavy atom. The first-order valence-corrected chi connectivity index (χ1v) is 11.4. The summed E-state index contributed by atoms with van der Waals surface area (Å²) >= 11 is 5.99. The molecule has 5 heterocycles. The summed E-state index contributed by atoms with van der Waals surface area (Å²) < 4.78 is 36.2. The smallest absolute Gasteiger partial charge is 0.258 e. The summed E-state index contributed by atoms with van der Waals surface area (Å²) in [5.41, 5.74) is 2.56. The summed E-state index contributed by atoms with van der Waals surface area (Å²) in [6.45, 7) is 0.652. The third-order valence-corrected chi connectivity index (χ3v) is 7.31. The van der Waals surface area contributed by atoms with Gasteiger partial charge in [0.05, 0.1) is 35.6 Å². The molecule has 1 amide bonds. The van der Waals surface area contributed by atoms with Gasteiger partial charge in [-0.15, -0.1) is 0 Å². The molecule has 6 rings (SSSR count). The monoisotopic (exact) mass is 473 g/mol. The van der Waals surface area contributed by atoms with Crippen LogP contribution in [0.1, 0.15) is 40.9 Å². The highest BCUT2D eigenvalue weighted by Crippen LogP contribution is 2.39. The number of aromatic nitrogens is 3. The van der Waals surface area contributed by atoms with Crippen LogP contribution in [0.25, 0.3) is 5.65 Å². The van der Waals surface area contributed by atoms with Crippen LogP contribution in [0.2, 0.25) is 5.02 Å². The molecule has 3 aliphatic heterocycles. The minimum Gasteiger partial charge on any atom is -0.489 e. The second kappa shape index (κ2) is 7.63. The van der Waals surface area contributed by atoms with Crippen molar-refractivity contribution in [3.8, 4) is 5.75 Å². The van der Waals surface area contributed by atoms with Crippen LogP contribution >= 0.6 is 11.6 Å². The zero-order valence-electron chi connectivity index (χ0n) is 17.9. The topological polar surface area (TPSA) is 63.0 Å². The van der Waals surface area contributed by atoms with Crippen molar-refractivity contribution in [1.29, 1.82) is 0 Å². The van der Waals surface area contributed by atoms with Gasteiger partial charge >= 0.3 is 0 Å². The first kappa shape index (κ1) is 20.8. The Morgan fingerprint density at radius 2 is 2.09 bits per heavy atom. The number of amides is 1. The van der Waals surface area contributed by atoms with E-state index in [1.807, 2.05) is 7.05 Å². The van der Waals surface area contributed by atoms with E-state index in [0.717, 1.165) is 11.3 Å². The second-order valence-electron chi connectivity index (χ2n) is 9.12. The average Bonchev–Trinajstić information content (AvgIpc) is 3.36. The highest BCUT2D eigenvalue weighted by Gasteiger charge is 2.46.